The number of hydrogen-bond acceptors (Lipinski definition) is 2. The minimum atomic E-state index is 0.447. The maximum Gasteiger partial charge on any atom is 0.0396 e. The zero-order valence-electron chi connectivity index (χ0n) is 12.2. The average Bonchev–Trinajstić information content (AvgIpc) is 2.33. The molecule has 0 spiro atoms. The highest BCUT2D eigenvalue weighted by Crippen LogP contribution is 2.37. The topological polar surface area (TPSA) is 15.3 Å². The molecule has 1 aliphatic rings. The van der Waals surface area contributed by atoms with Crippen molar-refractivity contribution in [2.45, 2.75) is 27.2 Å². The van der Waals surface area contributed by atoms with Crippen LogP contribution in [0.15, 0.2) is 24.3 Å². The molecule has 1 unspecified atom stereocenters. The second kappa shape index (κ2) is 5.31. The maximum atomic E-state index is 3.35. The lowest BCUT2D eigenvalue weighted by Crippen LogP contribution is -2.48. The van der Waals surface area contributed by atoms with Gasteiger partial charge in [-0.1, -0.05) is 32.0 Å². The van der Waals surface area contributed by atoms with Crippen LogP contribution in [0.3, 0.4) is 0 Å². The van der Waals surface area contributed by atoms with Crippen molar-refractivity contribution in [1.82, 2.24) is 5.32 Å². The minimum Gasteiger partial charge on any atom is -0.371 e. The highest BCUT2D eigenvalue weighted by Gasteiger charge is 2.35. The number of hydrogen-bond donors (Lipinski definition) is 1. The van der Waals surface area contributed by atoms with Crippen LogP contribution in [-0.4, -0.2) is 26.7 Å². The Morgan fingerprint density at radius 2 is 2.06 bits per heavy atom. The zero-order chi connectivity index (χ0) is 13.2. The van der Waals surface area contributed by atoms with Crippen molar-refractivity contribution in [3.05, 3.63) is 29.8 Å². The summed E-state index contributed by atoms with van der Waals surface area (Å²) in [5.41, 5.74) is 3.25. The second-order valence-electron chi connectivity index (χ2n) is 6.23. The van der Waals surface area contributed by atoms with Gasteiger partial charge in [-0.2, -0.15) is 0 Å². The fourth-order valence-corrected chi connectivity index (χ4v) is 2.96. The molecule has 1 N–H and O–H groups in total. The van der Waals surface area contributed by atoms with E-state index in [1.54, 1.807) is 0 Å². The molecule has 1 saturated heterocycles. The maximum absolute atomic E-state index is 3.35. The second-order valence-corrected chi connectivity index (χ2v) is 6.23. The number of para-hydroxylation sites is 1. The monoisotopic (exact) mass is 246 g/mol. The fourth-order valence-electron chi connectivity index (χ4n) is 2.96. The number of rotatable bonds is 3. The number of anilines is 1. The van der Waals surface area contributed by atoms with Crippen LogP contribution < -0.4 is 10.2 Å². The molecule has 2 rings (SSSR count). The van der Waals surface area contributed by atoms with E-state index in [4.69, 9.17) is 0 Å². The summed E-state index contributed by atoms with van der Waals surface area (Å²) in [5.74, 6) is 0.718. The third-order valence-electron chi connectivity index (χ3n) is 4.48. The van der Waals surface area contributed by atoms with E-state index in [2.05, 4.69) is 62.3 Å². The Labute approximate surface area is 111 Å². The van der Waals surface area contributed by atoms with Crippen molar-refractivity contribution in [2.75, 3.05) is 31.6 Å². The molecule has 1 aromatic rings. The SMILES string of the molecule is CNCC1CN(c2ccccc2C)CCC1(C)C. The molecule has 1 atom stereocenters. The number of piperidine rings is 1. The van der Waals surface area contributed by atoms with Gasteiger partial charge in [0.25, 0.3) is 0 Å². The van der Waals surface area contributed by atoms with Crippen LogP contribution >= 0.6 is 0 Å². The Morgan fingerprint density at radius 3 is 2.72 bits per heavy atom. The molecule has 0 aliphatic carbocycles. The highest BCUT2D eigenvalue weighted by molar-refractivity contribution is 5.53. The molecule has 0 saturated carbocycles. The molecular weight excluding hydrogens is 220 g/mol. The molecule has 0 amide bonds. The largest absolute Gasteiger partial charge is 0.371 e. The fraction of sp³-hybridized carbons (Fsp3) is 0.625. The molecular formula is C16H26N2. The predicted octanol–water partition coefficient (Wildman–Crippen LogP) is 3.07. The van der Waals surface area contributed by atoms with Gasteiger partial charge in [0, 0.05) is 18.8 Å². The van der Waals surface area contributed by atoms with Gasteiger partial charge in [0.05, 0.1) is 0 Å². The highest BCUT2D eigenvalue weighted by atomic mass is 15.1. The zero-order valence-corrected chi connectivity index (χ0v) is 12.2. The van der Waals surface area contributed by atoms with Gasteiger partial charge in [-0.25, -0.2) is 0 Å². The van der Waals surface area contributed by atoms with Gasteiger partial charge in [-0.05, 0) is 49.9 Å². The molecule has 0 bridgehead atoms. The van der Waals surface area contributed by atoms with Crippen LogP contribution in [0, 0.1) is 18.3 Å². The van der Waals surface area contributed by atoms with E-state index >= 15 is 0 Å². The van der Waals surface area contributed by atoms with Crippen LogP contribution in [0.4, 0.5) is 5.69 Å². The number of nitrogens with zero attached hydrogens (tertiary/aromatic N) is 1. The number of aryl methyl sites for hydroxylation is 1. The van der Waals surface area contributed by atoms with E-state index in [0.717, 1.165) is 12.5 Å². The van der Waals surface area contributed by atoms with Gasteiger partial charge in [0.1, 0.15) is 0 Å². The summed E-state index contributed by atoms with van der Waals surface area (Å²) in [6.45, 7) is 10.5. The van der Waals surface area contributed by atoms with Crippen LogP contribution in [0.25, 0.3) is 0 Å². The Morgan fingerprint density at radius 1 is 1.33 bits per heavy atom. The summed E-state index contributed by atoms with van der Waals surface area (Å²) >= 11 is 0. The first-order chi connectivity index (χ1) is 8.54. The first-order valence-electron chi connectivity index (χ1n) is 7.00. The summed E-state index contributed by atoms with van der Waals surface area (Å²) in [7, 11) is 2.06. The lowest BCUT2D eigenvalue weighted by atomic mass is 9.73. The van der Waals surface area contributed by atoms with Gasteiger partial charge >= 0.3 is 0 Å². The van der Waals surface area contributed by atoms with Gasteiger partial charge in [-0.3, -0.25) is 0 Å². The molecule has 18 heavy (non-hydrogen) atoms. The molecule has 100 valence electrons. The van der Waals surface area contributed by atoms with Crippen molar-refractivity contribution < 1.29 is 0 Å². The van der Waals surface area contributed by atoms with Crippen molar-refractivity contribution in [1.29, 1.82) is 0 Å². The predicted molar refractivity (Wildman–Crippen MR) is 79.2 cm³/mol. The Bertz CT molecular complexity index is 398. The van der Waals surface area contributed by atoms with Gasteiger partial charge in [0.15, 0.2) is 0 Å². The van der Waals surface area contributed by atoms with Gasteiger partial charge in [-0.15, -0.1) is 0 Å². The Hall–Kier alpha value is -1.02. The van der Waals surface area contributed by atoms with E-state index < -0.39 is 0 Å². The molecule has 2 heteroatoms. The van der Waals surface area contributed by atoms with Crippen LogP contribution in [-0.2, 0) is 0 Å². The molecule has 1 aromatic carbocycles. The van der Waals surface area contributed by atoms with Crippen LogP contribution in [0.5, 0.6) is 0 Å². The first kappa shape index (κ1) is 13.4. The van der Waals surface area contributed by atoms with E-state index in [1.165, 1.54) is 30.8 Å². The third-order valence-corrected chi connectivity index (χ3v) is 4.48. The Balaban J connectivity index is 2.16. The molecule has 1 aliphatic heterocycles. The van der Waals surface area contributed by atoms with Crippen molar-refractivity contribution in [3.8, 4) is 0 Å². The number of benzene rings is 1. The van der Waals surface area contributed by atoms with E-state index in [0.29, 0.717) is 5.41 Å². The summed E-state index contributed by atoms with van der Waals surface area (Å²) < 4.78 is 0. The first-order valence-corrected chi connectivity index (χ1v) is 7.00. The standard InChI is InChI=1S/C16H26N2/c1-13-7-5-6-8-15(13)18-10-9-16(2,3)14(12-18)11-17-4/h5-8,14,17H,9-12H2,1-4H3. The van der Waals surface area contributed by atoms with E-state index in [1.807, 2.05) is 0 Å². The van der Waals surface area contributed by atoms with Crippen molar-refractivity contribution in [3.63, 3.8) is 0 Å². The van der Waals surface area contributed by atoms with Gasteiger partial charge < -0.3 is 10.2 Å². The van der Waals surface area contributed by atoms with Crippen molar-refractivity contribution in [2.24, 2.45) is 11.3 Å². The lowest BCUT2D eigenvalue weighted by molar-refractivity contribution is 0.169. The van der Waals surface area contributed by atoms with Crippen LogP contribution in [0.2, 0.25) is 0 Å². The van der Waals surface area contributed by atoms with E-state index in [-0.39, 0.29) is 0 Å². The van der Waals surface area contributed by atoms with E-state index in [9.17, 15) is 0 Å². The summed E-state index contributed by atoms with van der Waals surface area (Å²) in [6.07, 6.45) is 1.27. The number of nitrogens with one attached hydrogen (secondary N) is 1. The summed E-state index contributed by atoms with van der Waals surface area (Å²) in [5, 5.41) is 3.35. The van der Waals surface area contributed by atoms with Gasteiger partial charge in [0.2, 0.25) is 0 Å². The smallest absolute Gasteiger partial charge is 0.0396 e. The normalized spacial score (nSPS) is 23.1. The Kier molecular flexibility index (Phi) is 3.96. The molecule has 1 heterocycles. The summed E-state index contributed by atoms with van der Waals surface area (Å²) in [6, 6.07) is 8.74. The average molecular weight is 246 g/mol. The lowest BCUT2D eigenvalue weighted by Gasteiger charge is -2.45. The molecule has 0 aromatic heterocycles. The molecule has 2 nitrogen and oxygen atoms in total. The molecule has 1 fully saturated rings. The minimum absolute atomic E-state index is 0.447. The summed E-state index contributed by atoms with van der Waals surface area (Å²) in [4.78, 5) is 2.56. The van der Waals surface area contributed by atoms with Crippen LogP contribution in [0.1, 0.15) is 25.8 Å². The quantitative estimate of drug-likeness (QED) is 0.882. The molecule has 0 radical (unpaired) electrons. The van der Waals surface area contributed by atoms with Crippen molar-refractivity contribution >= 4 is 5.69 Å². The third kappa shape index (κ3) is 2.69.